The fourth-order valence-electron chi connectivity index (χ4n) is 4.12. The van der Waals surface area contributed by atoms with Crippen LogP contribution in [0.4, 0.5) is 0 Å². The highest BCUT2D eigenvalue weighted by Gasteiger charge is 2.26. The van der Waals surface area contributed by atoms with Crippen molar-refractivity contribution in [2.75, 3.05) is 13.1 Å². The smallest absolute Gasteiger partial charge is 0.227 e. The Morgan fingerprint density at radius 1 is 1.41 bits per heavy atom. The first-order valence-corrected chi connectivity index (χ1v) is 10.6. The van der Waals surface area contributed by atoms with E-state index in [2.05, 4.69) is 37.9 Å². The number of rotatable bonds is 4. The zero-order valence-electron chi connectivity index (χ0n) is 16.2. The Morgan fingerprint density at radius 2 is 2.26 bits per heavy atom. The normalized spacial score (nSPS) is 17.8. The highest BCUT2D eigenvalue weighted by Crippen LogP contribution is 2.31. The fourth-order valence-corrected chi connectivity index (χ4v) is 4.89. The molecule has 1 aliphatic heterocycles. The molecule has 0 radical (unpaired) electrons. The number of piperidine rings is 1. The molecule has 0 bridgehead atoms. The summed E-state index contributed by atoms with van der Waals surface area (Å²) in [6.45, 7) is 8.14. The molecule has 0 spiro atoms. The summed E-state index contributed by atoms with van der Waals surface area (Å²) in [5, 5.41) is 4.24. The summed E-state index contributed by atoms with van der Waals surface area (Å²) in [6, 6.07) is 4.30. The van der Waals surface area contributed by atoms with Crippen LogP contribution in [0, 0.1) is 6.92 Å². The molecular weight excluding hydrogens is 356 g/mol. The van der Waals surface area contributed by atoms with E-state index in [1.807, 2.05) is 16.5 Å². The van der Waals surface area contributed by atoms with Gasteiger partial charge in [0.25, 0.3) is 0 Å². The van der Waals surface area contributed by atoms with Crippen molar-refractivity contribution in [3.63, 3.8) is 0 Å². The summed E-state index contributed by atoms with van der Waals surface area (Å²) in [5.74, 6) is 1.01. The average molecular weight is 383 g/mol. The Morgan fingerprint density at radius 3 is 3.00 bits per heavy atom. The van der Waals surface area contributed by atoms with E-state index in [1.54, 1.807) is 17.6 Å². The van der Waals surface area contributed by atoms with Gasteiger partial charge in [-0.3, -0.25) is 4.79 Å². The van der Waals surface area contributed by atoms with Crippen molar-refractivity contribution in [2.24, 2.45) is 0 Å². The Hall–Kier alpha value is -2.14. The van der Waals surface area contributed by atoms with Gasteiger partial charge in [0.05, 0.1) is 17.7 Å². The molecule has 2 aromatic heterocycles. The van der Waals surface area contributed by atoms with Crippen LogP contribution in [-0.4, -0.2) is 28.9 Å². The van der Waals surface area contributed by atoms with Crippen molar-refractivity contribution in [1.29, 1.82) is 0 Å². The molecule has 5 heteroatoms. The molecule has 4 rings (SSSR count). The number of carbonyl (C=O) groups is 1. The van der Waals surface area contributed by atoms with E-state index in [-0.39, 0.29) is 5.91 Å². The fraction of sp³-hybridized carbons (Fsp3) is 0.455. The van der Waals surface area contributed by atoms with E-state index in [1.165, 1.54) is 11.1 Å². The number of aryl methyl sites for hydroxylation is 1. The third kappa shape index (κ3) is 3.65. The first kappa shape index (κ1) is 18.2. The molecule has 0 aliphatic carbocycles. The quantitative estimate of drug-likeness (QED) is 0.617. The molecule has 1 saturated heterocycles. The van der Waals surface area contributed by atoms with E-state index in [0.29, 0.717) is 18.3 Å². The minimum absolute atomic E-state index is 0.186. The molecule has 1 amide bonds. The van der Waals surface area contributed by atoms with Crippen molar-refractivity contribution in [3.8, 4) is 0 Å². The minimum atomic E-state index is 0.186. The van der Waals surface area contributed by atoms with Crippen LogP contribution in [-0.2, 0) is 11.2 Å². The number of carbonyl (C=O) groups excluding carboxylic acids is 1. The molecule has 3 aromatic rings. The maximum atomic E-state index is 13.0. The van der Waals surface area contributed by atoms with Gasteiger partial charge >= 0.3 is 0 Å². The van der Waals surface area contributed by atoms with Crippen molar-refractivity contribution < 1.29 is 9.21 Å². The van der Waals surface area contributed by atoms with Gasteiger partial charge in [-0.1, -0.05) is 13.8 Å². The number of amides is 1. The van der Waals surface area contributed by atoms with E-state index in [4.69, 9.17) is 4.42 Å². The molecule has 4 nitrogen and oxygen atoms in total. The number of thiazole rings is 1. The van der Waals surface area contributed by atoms with E-state index in [0.717, 1.165) is 47.5 Å². The lowest BCUT2D eigenvalue weighted by atomic mass is 9.95. The molecular formula is C22H26N2O2S. The van der Waals surface area contributed by atoms with Crippen molar-refractivity contribution >= 4 is 28.2 Å². The zero-order chi connectivity index (χ0) is 19.0. The summed E-state index contributed by atoms with van der Waals surface area (Å²) in [5.41, 5.74) is 4.43. The topological polar surface area (TPSA) is 46.3 Å². The third-order valence-electron chi connectivity index (χ3n) is 5.58. The molecule has 1 aliphatic rings. The van der Waals surface area contributed by atoms with Crippen LogP contribution < -0.4 is 0 Å². The maximum absolute atomic E-state index is 13.0. The number of likely N-dealkylation sites (tertiary alicyclic amines) is 1. The SMILES string of the molecule is Cc1cc2occ(CC(=O)N3CCCC(c4nccs4)C3)c2cc1C(C)C. The molecule has 3 heterocycles. The van der Waals surface area contributed by atoms with Gasteiger partial charge in [0, 0.05) is 41.5 Å². The van der Waals surface area contributed by atoms with Crippen molar-refractivity contribution in [1.82, 2.24) is 9.88 Å². The Balaban J connectivity index is 1.53. The van der Waals surface area contributed by atoms with Gasteiger partial charge in [-0.15, -0.1) is 11.3 Å². The molecule has 27 heavy (non-hydrogen) atoms. The summed E-state index contributed by atoms with van der Waals surface area (Å²) in [7, 11) is 0. The van der Waals surface area contributed by atoms with E-state index in [9.17, 15) is 4.79 Å². The van der Waals surface area contributed by atoms with Crippen molar-refractivity contribution in [3.05, 3.63) is 51.7 Å². The second kappa shape index (κ2) is 7.47. The van der Waals surface area contributed by atoms with Crippen LogP contribution in [0.15, 0.2) is 34.4 Å². The van der Waals surface area contributed by atoms with Crippen LogP contribution in [0.1, 0.15) is 60.2 Å². The van der Waals surface area contributed by atoms with Gasteiger partial charge in [-0.05, 0) is 48.9 Å². The van der Waals surface area contributed by atoms with Gasteiger partial charge in [-0.2, -0.15) is 0 Å². The van der Waals surface area contributed by atoms with E-state index >= 15 is 0 Å². The minimum Gasteiger partial charge on any atom is -0.464 e. The van der Waals surface area contributed by atoms with Crippen LogP contribution >= 0.6 is 11.3 Å². The highest BCUT2D eigenvalue weighted by atomic mass is 32.1. The molecule has 142 valence electrons. The lowest BCUT2D eigenvalue weighted by Crippen LogP contribution is -2.39. The molecule has 1 fully saturated rings. The van der Waals surface area contributed by atoms with Crippen molar-refractivity contribution in [2.45, 2.75) is 51.9 Å². The summed E-state index contributed by atoms with van der Waals surface area (Å²) < 4.78 is 5.75. The zero-order valence-corrected chi connectivity index (χ0v) is 17.0. The number of aromatic nitrogens is 1. The van der Waals surface area contributed by atoms with Crippen LogP contribution in [0.5, 0.6) is 0 Å². The molecule has 1 aromatic carbocycles. The van der Waals surface area contributed by atoms with Gasteiger partial charge in [0.15, 0.2) is 0 Å². The maximum Gasteiger partial charge on any atom is 0.227 e. The van der Waals surface area contributed by atoms with Gasteiger partial charge in [-0.25, -0.2) is 4.98 Å². The highest BCUT2D eigenvalue weighted by molar-refractivity contribution is 7.09. The largest absolute Gasteiger partial charge is 0.464 e. The molecule has 0 saturated carbocycles. The second-order valence-corrected chi connectivity index (χ2v) is 8.77. The third-order valence-corrected chi connectivity index (χ3v) is 6.52. The number of hydrogen-bond donors (Lipinski definition) is 0. The monoisotopic (exact) mass is 382 g/mol. The number of nitrogens with zero attached hydrogens (tertiary/aromatic N) is 2. The summed E-state index contributed by atoms with van der Waals surface area (Å²) in [4.78, 5) is 19.4. The number of furan rings is 1. The number of fused-ring (bicyclic) bond motifs is 1. The Kier molecular flexibility index (Phi) is 5.04. The predicted molar refractivity (Wildman–Crippen MR) is 109 cm³/mol. The summed E-state index contributed by atoms with van der Waals surface area (Å²) in [6.07, 6.45) is 6.17. The predicted octanol–water partition coefficient (Wildman–Crippen LogP) is 5.27. The number of hydrogen-bond acceptors (Lipinski definition) is 4. The second-order valence-electron chi connectivity index (χ2n) is 7.85. The summed E-state index contributed by atoms with van der Waals surface area (Å²) >= 11 is 1.69. The van der Waals surface area contributed by atoms with Crippen LogP contribution in [0.3, 0.4) is 0 Å². The van der Waals surface area contributed by atoms with E-state index < -0.39 is 0 Å². The average Bonchev–Trinajstić information content (AvgIpc) is 3.31. The molecule has 1 unspecified atom stereocenters. The van der Waals surface area contributed by atoms with Gasteiger partial charge in [0.2, 0.25) is 5.91 Å². The van der Waals surface area contributed by atoms with Crippen LogP contribution in [0.2, 0.25) is 0 Å². The molecule has 0 N–H and O–H groups in total. The van der Waals surface area contributed by atoms with Gasteiger partial charge in [0.1, 0.15) is 5.58 Å². The Labute approximate surface area is 164 Å². The van der Waals surface area contributed by atoms with Gasteiger partial charge < -0.3 is 9.32 Å². The van der Waals surface area contributed by atoms with Crippen LogP contribution in [0.25, 0.3) is 11.0 Å². The standard InChI is InChI=1S/C22H26N2O2S/c1-14(2)18-11-19-17(13-26-20(19)9-15(18)3)10-21(25)24-7-4-5-16(12-24)22-23-6-8-27-22/h6,8-9,11,13-14,16H,4-5,7,10,12H2,1-3H3. The lowest BCUT2D eigenvalue weighted by molar-refractivity contribution is -0.131. The first-order valence-electron chi connectivity index (χ1n) is 9.70. The molecule has 1 atom stereocenters. The number of benzene rings is 1. The Bertz CT molecular complexity index is 943. The lowest BCUT2D eigenvalue weighted by Gasteiger charge is -2.31. The first-order chi connectivity index (χ1) is 13.0.